The van der Waals surface area contributed by atoms with E-state index in [4.69, 9.17) is 9.15 Å². The number of thiophene rings is 1. The van der Waals surface area contributed by atoms with Crippen LogP contribution in [0.25, 0.3) is 22.2 Å². The van der Waals surface area contributed by atoms with Crippen LogP contribution in [0.3, 0.4) is 0 Å². The molecule has 0 bridgehead atoms. The van der Waals surface area contributed by atoms with Crippen molar-refractivity contribution in [3.8, 4) is 11.3 Å². The third-order valence-electron chi connectivity index (χ3n) is 4.75. The molecule has 6 nitrogen and oxygen atoms in total. The molecule has 0 aliphatic carbocycles. The number of benzene rings is 1. The molecule has 148 valence electrons. The van der Waals surface area contributed by atoms with E-state index in [1.807, 2.05) is 25.2 Å². The van der Waals surface area contributed by atoms with E-state index in [0.29, 0.717) is 17.9 Å². The number of esters is 1. The van der Waals surface area contributed by atoms with Crippen LogP contribution in [0.1, 0.15) is 27.7 Å². The van der Waals surface area contributed by atoms with Gasteiger partial charge in [-0.1, -0.05) is 0 Å². The summed E-state index contributed by atoms with van der Waals surface area (Å²) in [5, 5.41) is 3.00. The van der Waals surface area contributed by atoms with Crippen LogP contribution in [-0.4, -0.2) is 29.6 Å². The quantitative estimate of drug-likeness (QED) is 0.416. The van der Waals surface area contributed by atoms with Gasteiger partial charge in [0.1, 0.15) is 23.5 Å². The Bertz CT molecular complexity index is 1170. The number of carbonyl (C=O) groups is 1. The topological polar surface area (TPSA) is 68.5 Å². The van der Waals surface area contributed by atoms with Gasteiger partial charge in [-0.05, 0) is 55.1 Å². The smallest absolute Gasteiger partial charge is 0.342 e. The molecule has 0 atom stereocenters. The lowest BCUT2D eigenvalue weighted by molar-refractivity contribution is 0.0526. The zero-order chi connectivity index (χ0) is 20.4. The number of aryl methyl sites for hydroxylation is 1. The van der Waals surface area contributed by atoms with E-state index in [-0.39, 0.29) is 0 Å². The van der Waals surface area contributed by atoms with Gasteiger partial charge in [-0.2, -0.15) is 0 Å². The van der Waals surface area contributed by atoms with Crippen molar-refractivity contribution in [2.45, 2.75) is 20.4 Å². The molecule has 0 saturated heterocycles. The molecule has 0 radical (unpaired) electrons. The van der Waals surface area contributed by atoms with E-state index in [1.165, 1.54) is 16.7 Å². The molecule has 4 rings (SSSR count). The Morgan fingerprint density at radius 2 is 2.10 bits per heavy atom. The van der Waals surface area contributed by atoms with Crippen molar-refractivity contribution in [1.29, 1.82) is 0 Å². The molecule has 29 heavy (non-hydrogen) atoms. The predicted molar refractivity (Wildman–Crippen MR) is 114 cm³/mol. The van der Waals surface area contributed by atoms with Gasteiger partial charge >= 0.3 is 5.97 Å². The first-order valence-corrected chi connectivity index (χ1v) is 10.2. The second-order valence-electron chi connectivity index (χ2n) is 6.70. The molecular formula is C22H21N3O3S. The highest BCUT2D eigenvalue weighted by Crippen LogP contribution is 2.32. The molecule has 0 spiro atoms. The van der Waals surface area contributed by atoms with E-state index in [0.717, 1.165) is 28.8 Å². The van der Waals surface area contributed by atoms with Gasteiger partial charge in [0, 0.05) is 22.9 Å². The average molecular weight is 407 g/mol. The molecule has 0 N–H and O–H groups in total. The Labute approximate surface area is 172 Å². The van der Waals surface area contributed by atoms with Gasteiger partial charge in [0.05, 0.1) is 24.9 Å². The maximum atomic E-state index is 12.2. The standard InChI is InChI=1S/C22H21N3O3S/c1-4-27-22(26)16-7-9-28-20(16)15-5-6-18-17(11-15)21(24-13-23-18)25(3)12-19-14(2)8-10-29-19/h5-11,13H,4,12H2,1-3H3. The summed E-state index contributed by atoms with van der Waals surface area (Å²) in [5.74, 6) is 0.914. The minimum absolute atomic E-state index is 0.312. The molecule has 4 aromatic rings. The van der Waals surface area contributed by atoms with Crippen molar-refractivity contribution in [2.75, 3.05) is 18.6 Å². The number of carbonyl (C=O) groups excluding carboxylic acids is 1. The Hall–Kier alpha value is -3.19. The summed E-state index contributed by atoms with van der Waals surface area (Å²) in [4.78, 5) is 24.6. The van der Waals surface area contributed by atoms with Crippen molar-refractivity contribution in [1.82, 2.24) is 9.97 Å². The molecule has 0 unspecified atom stereocenters. The van der Waals surface area contributed by atoms with Gasteiger partial charge in [0.15, 0.2) is 0 Å². The molecule has 7 heteroatoms. The monoisotopic (exact) mass is 407 g/mol. The van der Waals surface area contributed by atoms with E-state index >= 15 is 0 Å². The van der Waals surface area contributed by atoms with Crippen molar-refractivity contribution in [3.05, 3.63) is 64.3 Å². The zero-order valence-corrected chi connectivity index (χ0v) is 17.3. The first-order valence-electron chi connectivity index (χ1n) is 9.32. The third kappa shape index (κ3) is 3.73. The van der Waals surface area contributed by atoms with Crippen molar-refractivity contribution < 1.29 is 13.9 Å². The maximum absolute atomic E-state index is 12.2. The predicted octanol–water partition coefficient (Wildman–Crippen LogP) is 5.07. The van der Waals surface area contributed by atoms with Crippen LogP contribution >= 0.6 is 11.3 Å². The zero-order valence-electron chi connectivity index (χ0n) is 16.5. The number of aromatic nitrogens is 2. The summed E-state index contributed by atoms with van der Waals surface area (Å²) in [6.07, 6.45) is 3.08. The molecule has 0 saturated carbocycles. The summed E-state index contributed by atoms with van der Waals surface area (Å²) < 4.78 is 10.8. The molecule has 0 fully saturated rings. The molecule has 0 amide bonds. The first kappa shape index (κ1) is 19.1. The fourth-order valence-corrected chi connectivity index (χ4v) is 4.21. The van der Waals surface area contributed by atoms with Crippen LogP contribution in [-0.2, 0) is 11.3 Å². The summed E-state index contributed by atoms with van der Waals surface area (Å²) in [6, 6.07) is 9.52. The van der Waals surface area contributed by atoms with Gasteiger partial charge in [-0.25, -0.2) is 14.8 Å². The van der Waals surface area contributed by atoms with Crippen LogP contribution in [0, 0.1) is 6.92 Å². The van der Waals surface area contributed by atoms with Gasteiger partial charge in [-0.15, -0.1) is 11.3 Å². The highest BCUT2D eigenvalue weighted by molar-refractivity contribution is 7.10. The van der Waals surface area contributed by atoms with Crippen LogP contribution in [0.4, 0.5) is 5.82 Å². The summed E-state index contributed by atoms with van der Waals surface area (Å²) >= 11 is 1.74. The normalized spacial score (nSPS) is 11.0. The van der Waals surface area contributed by atoms with Crippen LogP contribution in [0.15, 0.2) is 52.7 Å². The van der Waals surface area contributed by atoms with Crippen LogP contribution < -0.4 is 4.90 Å². The molecule has 3 aromatic heterocycles. The third-order valence-corrected chi connectivity index (χ3v) is 5.76. The van der Waals surface area contributed by atoms with Gasteiger partial charge < -0.3 is 14.1 Å². The summed E-state index contributed by atoms with van der Waals surface area (Å²) in [7, 11) is 2.02. The number of furan rings is 1. The Kier molecular flexibility index (Phi) is 5.31. The Morgan fingerprint density at radius 3 is 2.86 bits per heavy atom. The van der Waals surface area contributed by atoms with Crippen molar-refractivity contribution in [3.63, 3.8) is 0 Å². The lowest BCUT2D eigenvalue weighted by atomic mass is 10.1. The number of hydrogen-bond acceptors (Lipinski definition) is 7. The molecule has 0 aliphatic heterocycles. The highest BCUT2D eigenvalue weighted by Gasteiger charge is 2.19. The first-order chi connectivity index (χ1) is 14.1. The molecular weight excluding hydrogens is 386 g/mol. The summed E-state index contributed by atoms with van der Waals surface area (Å²) in [5.41, 5.74) is 3.29. The Balaban J connectivity index is 1.75. The van der Waals surface area contributed by atoms with Crippen LogP contribution in [0.2, 0.25) is 0 Å². The lowest BCUT2D eigenvalue weighted by Gasteiger charge is -2.19. The van der Waals surface area contributed by atoms with Crippen LogP contribution in [0.5, 0.6) is 0 Å². The fourth-order valence-electron chi connectivity index (χ4n) is 3.25. The minimum atomic E-state index is -0.397. The SMILES string of the molecule is CCOC(=O)c1ccoc1-c1ccc2ncnc(N(C)Cc3sccc3C)c2c1. The Morgan fingerprint density at radius 1 is 1.24 bits per heavy atom. The fraction of sp³-hybridized carbons (Fsp3) is 0.227. The molecule has 3 heterocycles. The van der Waals surface area contributed by atoms with E-state index < -0.39 is 5.97 Å². The maximum Gasteiger partial charge on any atom is 0.342 e. The number of hydrogen-bond donors (Lipinski definition) is 0. The van der Waals surface area contributed by atoms with Gasteiger partial charge in [0.2, 0.25) is 0 Å². The second-order valence-corrected chi connectivity index (χ2v) is 7.70. The van der Waals surface area contributed by atoms with Crippen molar-refractivity contribution >= 4 is 34.0 Å². The lowest BCUT2D eigenvalue weighted by Crippen LogP contribution is -2.18. The molecule has 1 aromatic carbocycles. The van der Waals surface area contributed by atoms with E-state index in [9.17, 15) is 4.79 Å². The van der Waals surface area contributed by atoms with E-state index in [2.05, 4.69) is 33.2 Å². The highest BCUT2D eigenvalue weighted by atomic mass is 32.1. The summed E-state index contributed by atoms with van der Waals surface area (Å²) in [6.45, 7) is 4.97. The second kappa shape index (κ2) is 8.05. The number of rotatable bonds is 6. The van der Waals surface area contributed by atoms with E-state index in [1.54, 1.807) is 30.7 Å². The van der Waals surface area contributed by atoms with Gasteiger partial charge in [0.25, 0.3) is 0 Å². The average Bonchev–Trinajstić information content (AvgIpc) is 3.37. The molecule has 0 aliphatic rings. The number of anilines is 1. The largest absolute Gasteiger partial charge is 0.463 e. The number of nitrogens with zero attached hydrogens (tertiary/aromatic N) is 3. The number of ether oxygens (including phenoxy) is 1. The van der Waals surface area contributed by atoms with Gasteiger partial charge in [-0.3, -0.25) is 0 Å². The van der Waals surface area contributed by atoms with Crippen molar-refractivity contribution in [2.24, 2.45) is 0 Å². The minimum Gasteiger partial charge on any atom is -0.463 e. The number of fused-ring (bicyclic) bond motifs is 1.